The summed E-state index contributed by atoms with van der Waals surface area (Å²) in [6.45, 7) is 9.10. The SMILES string of the molecule is CC.Cc1c(C(=O)Nc2ccc(Oc3ccnc(NC(=O)N(C)CC(C)(C)O)c3)cc2)c(=O)n(-c2ccccc2)n1C. The number of aromatic nitrogens is 3. The van der Waals surface area contributed by atoms with Crippen LogP contribution in [-0.4, -0.2) is 55.5 Å². The molecule has 0 saturated heterocycles. The summed E-state index contributed by atoms with van der Waals surface area (Å²) in [5.41, 5.74) is 0.319. The second kappa shape index (κ2) is 13.6. The Kier molecular flexibility index (Phi) is 10.3. The molecule has 42 heavy (non-hydrogen) atoms. The van der Waals surface area contributed by atoms with E-state index in [1.807, 2.05) is 32.0 Å². The summed E-state index contributed by atoms with van der Waals surface area (Å²) >= 11 is 0. The zero-order valence-corrected chi connectivity index (χ0v) is 25.0. The number of hydrogen-bond acceptors (Lipinski definition) is 6. The molecular formula is C31H38N6O5. The maximum Gasteiger partial charge on any atom is 0.322 e. The summed E-state index contributed by atoms with van der Waals surface area (Å²) in [5, 5.41) is 15.4. The van der Waals surface area contributed by atoms with Crippen LogP contribution in [-0.2, 0) is 7.05 Å². The zero-order valence-electron chi connectivity index (χ0n) is 25.0. The lowest BCUT2D eigenvalue weighted by Crippen LogP contribution is -2.41. The van der Waals surface area contributed by atoms with Gasteiger partial charge in [0.2, 0.25) is 0 Å². The minimum Gasteiger partial charge on any atom is -0.457 e. The highest BCUT2D eigenvalue weighted by Crippen LogP contribution is 2.25. The first-order valence-electron chi connectivity index (χ1n) is 13.6. The molecule has 0 atom stereocenters. The van der Waals surface area contributed by atoms with Crippen molar-refractivity contribution in [2.75, 3.05) is 24.2 Å². The lowest BCUT2D eigenvalue weighted by Gasteiger charge is -2.25. The van der Waals surface area contributed by atoms with E-state index >= 15 is 0 Å². The van der Waals surface area contributed by atoms with E-state index in [1.165, 1.54) is 15.8 Å². The fraction of sp³-hybridized carbons (Fsp3) is 0.290. The summed E-state index contributed by atoms with van der Waals surface area (Å²) in [6, 6.07) is 18.6. The van der Waals surface area contributed by atoms with Crippen LogP contribution in [0.15, 0.2) is 77.7 Å². The first-order valence-corrected chi connectivity index (χ1v) is 13.6. The van der Waals surface area contributed by atoms with Crippen molar-refractivity contribution in [1.29, 1.82) is 0 Å². The van der Waals surface area contributed by atoms with Gasteiger partial charge in [-0.3, -0.25) is 19.6 Å². The monoisotopic (exact) mass is 574 g/mol. The number of aliphatic hydroxyl groups is 1. The predicted molar refractivity (Wildman–Crippen MR) is 164 cm³/mol. The number of para-hydroxylation sites is 1. The van der Waals surface area contributed by atoms with Gasteiger partial charge in [0.15, 0.2) is 0 Å². The lowest BCUT2D eigenvalue weighted by atomic mass is 10.1. The molecule has 222 valence electrons. The molecule has 0 saturated carbocycles. The molecule has 0 fully saturated rings. The normalized spacial score (nSPS) is 10.8. The third-order valence-corrected chi connectivity index (χ3v) is 6.07. The molecule has 4 aromatic rings. The molecule has 0 unspecified atom stereocenters. The van der Waals surface area contributed by atoms with Crippen molar-refractivity contribution in [3.05, 3.63) is 94.5 Å². The second-order valence-electron chi connectivity index (χ2n) is 9.99. The highest BCUT2D eigenvalue weighted by molar-refractivity contribution is 6.05. The number of urea groups is 1. The van der Waals surface area contributed by atoms with Gasteiger partial charge in [-0.1, -0.05) is 32.0 Å². The third kappa shape index (κ3) is 7.85. The number of anilines is 2. The van der Waals surface area contributed by atoms with Crippen LogP contribution in [0.4, 0.5) is 16.3 Å². The Balaban J connectivity index is 0.00000237. The number of pyridine rings is 1. The summed E-state index contributed by atoms with van der Waals surface area (Å²) in [6.07, 6.45) is 1.50. The standard InChI is InChI=1S/C29H32N6O5.C2H6/c1-19-25(27(37)35(34(19)5)21-9-7-6-8-10-21)26(36)31-20-11-13-22(14-12-20)40-23-15-16-30-24(17-23)32-28(38)33(4)18-29(2,3)39;1-2/h6-17,39H,18H2,1-5H3,(H,31,36)(H,30,32,38);1-2H3. The van der Waals surface area contributed by atoms with E-state index in [0.717, 1.165) is 0 Å². The molecule has 0 radical (unpaired) electrons. The fourth-order valence-electron chi connectivity index (χ4n) is 4.17. The number of rotatable bonds is 8. The highest BCUT2D eigenvalue weighted by Gasteiger charge is 2.22. The van der Waals surface area contributed by atoms with E-state index < -0.39 is 23.1 Å². The van der Waals surface area contributed by atoms with E-state index in [1.54, 1.807) is 88.1 Å². The summed E-state index contributed by atoms with van der Waals surface area (Å²) in [7, 11) is 3.31. The first kappa shape index (κ1) is 31.6. The quantitative estimate of drug-likeness (QED) is 0.266. The van der Waals surface area contributed by atoms with Crippen molar-refractivity contribution < 1.29 is 19.4 Å². The topological polar surface area (TPSA) is 131 Å². The van der Waals surface area contributed by atoms with E-state index in [2.05, 4.69) is 15.6 Å². The maximum absolute atomic E-state index is 13.1. The molecule has 4 rings (SSSR count). The van der Waals surface area contributed by atoms with Gasteiger partial charge in [-0.2, -0.15) is 0 Å². The van der Waals surface area contributed by atoms with Gasteiger partial charge in [-0.25, -0.2) is 14.5 Å². The predicted octanol–water partition coefficient (Wildman–Crippen LogP) is 5.18. The van der Waals surface area contributed by atoms with Crippen molar-refractivity contribution in [3.63, 3.8) is 0 Å². The van der Waals surface area contributed by atoms with Gasteiger partial charge in [0.1, 0.15) is 22.9 Å². The number of carbonyl (C=O) groups is 2. The van der Waals surface area contributed by atoms with Crippen molar-refractivity contribution in [2.45, 2.75) is 40.2 Å². The van der Waals surface area contributed by atoms with Crippen LogP contribution >= 0.6 is 0 Å². The van der Waals surface area contributed by atoms with Crippen LogP contribution in [0, 0.1) is 6.92 Å². The average molecular weight is 575 g/mol. The molecule has 2 heterocycles. The van der Waals surface area contributed by atoms with Gasteiger partial charge in [-0.05, 0) is 63.2 Å². The Bertz CT molecular complexity index is 1570. The Labute approximate surface area is 245 Å². The van der Waals surface area contributed by atoms with Gasteiger partial charge in [-0.15, -0.1) is 0 Å². The summed E-state index contributed by atoms with van der Waals surface area (Å²) < 4.78 is 8.99. The Hall–Kier alpha value is -4.90. The van der Waals surface area contributed by atoms with Crippen LogP contribution < -0.4 is 20.9 Å². The molecule has 0 aliphatic carbocycles. The van der Waals surface area contributed by atoms with Crippen LogP contribution in [0.2, 0.25) is 0 Å². The van der Waals surface area contributed by atoms with Crippen LogP contribution in [0.3, 0.4) is 0 Å². The number of carbonyl (C=O) groups excluding carboxylic acids is 2. The highest BCUT2D eigenvalue weighted by atomic mass is 16.5. The van der Waals surface area contributed by atoms with Gasteiger partial charge < -0.3 is 20.1 Å². The van der Waals surface area contributed by atoms with Gasteiger partial charge in [0.05, 0.1) is 23.5 Å². The van der Waals surface area contributed by atoms with Gasteiger partial charge in [0.25, 0.3) is 11.5 Å². The van der Waals surface area contributed by atoms with Crippen molar-refractivity contribution >= 4 is 23.4 Å². The molecule has 0 spiro atoms. The number of nitrogens with zero attached hydrogens (tertiary/aromatic N) is 4. The van der Waals surface area contributed by atoms with E-state index in [-0.39, 0.29) is 17.9 Å². The van der Waals surface area contributed by atoms with Crippen molar-refractivity contribution in [2.24, 2.45) is 7.05 Å². The summed E-state index contributed by atoms with van der Waals surface area (Å²) in [4.78, 5) is 44.0. The second-order valence-corrected chi connectivity index (χ2v) is 9.99. The van der Waals surface area contributed by atoms with Gasteiger partial charge in [0, 0.05) is 32.0 Å². The molecule has 2 aromatic heterocycles. The minimum absolute atomic E-state index is 0.0613. The number of amides is 3. The zero-order chi connectivity index (χ0) is 31.0. The smallest absolute Gasteiger partial charge is 0.322 e. The Morgan fingerprint density at radius 3 is 2.26 bits per heavy atom. The van der Waals surface area contributed by atoms with Gasteiger partial charge >= 0.3 is 6.03 Å². The van der Waals surface area contributed by atoms with Crippen LogP contribution in [0.5, 0.6) is 11.5 Å². The molecule has 0 aliphatic heterocycles. The van der Waals surface area contributed by atoms with E-state index in [4.69, 9.17) is 4.74 Å². The molecule has 3 amide bonds. The Morgan fingerprint density at radius 1 is 1.00 bits per heavy atom. The number of benzene rings is 2. The fourth-order valence-corrected chi connectivity index (χ4v) is 4.17. The maximum atomic E-state index is 13.1. The minimum atomic E-state index is -1.03. The lowest BCUT2D eigenvalue weighted by molar-refractivity contribution is 0.0550. The van der Waals surface area contributed by atoms with Crippen LogP contribution in [0.25, 0.3) is 5.69 Å². The average Bonchev–Trinajstić information content (AvgIpc) is 3.18. The first-order chi connectivity index (χ1) is 19.9. The number of hydrogen-bond donors (Lipinski definition) is 3. The Morgan fingerprint density at radius 2 is 1.64 bits per heavy atom. The molecule has 11 heteroatoms. The number of ether oxygens (including phenoxy) is 1. The van der Waals surface area contributed by atoms with Crippen LogP contribution in [0.1, 0.15) is 43.7 Å². The molecule has 3 N–H and O–H groups in total. The number of likely N-dealkylation sites (N-methyl/N-ethyl adjacent to an activating group) is 1. The third-order valence-electron chi connectivity index (χ3n) is 6.07. The molecular weight excluding hydrogens is 536 g/mol. The largest absolute Gasteiger partial charge is 0.457 e. The van der Waals surface area contributed by atoms with Crippen molar-refractivity contribution in [3.8, 4) is 17.2 Å². The van der Waals surface area contributed by atoms with E-state index in [0.29, 0.717) is 28.6 Å². The number of nitrogens with one attached hydrogen (secondary N) is 2. The van der Waals surface area contributed by atoms with E-state index in [9.17, 15) is 19.5 Å². The van der Waals surface area contributed by atoms with Crippen molar-refractivity contribution in [1.82, 2.24) is 19.2 Å². The summed E-state index contributed by atoms with van der Waals surface area (Å²) in [5.74, 6) is 0.704. The molecule has 11 nitrogen and oxygen atoms in total. The molecule has 2 aromatic carbocycles. The molecule has 0 bridgehead atoms. The molecule has 0 aliphatic rings.